The molecule has 0 N–H and O–H groups in total. The summed E-state index contributed by atoms with van der Waals surface area (Å²) in [7, 11) is 0. The number of fused-ring (bicyclic) bond motifs is 1. The van der Waals surface area contributed by atoms with Gasteiger partial charge in [0.05, 0.1) is 6.57 Å². The van der Waals surface area contributed by atoms with Gasteiger partial charge in [-0.1, -0.05) is 84.9 Å². The fraction of sp³-hybridized carbons (Fsp3) is 0.385. The van der Waals surface area contributed by atoms with Gasteiger partial charge >= 0.3 is 0 Å². The van der Waals surface area contributed by atoms with Crippen LogP contribution in [0, 0.1) is 42.1 Å². The second kappa shape index (κ2) is 12.4. The third kappa shape index (κ3) is 5.48. The first-order chi connectivity index (χ1) is 27.4. The van der Waals surface area contributed by atoms with Crippen molar-refractivity contribution < 1.29 is 0 Å². The van der Waals surface area contributed by atoms with Gasteiger partial charge in [0.25, 0.3) is 0 Å². The lowest BCUT2D eigenvalue weighted by atomic mass is 9.48. The molecule has 6 aromatic rings. The minimum atomic E-state index is 0.195. The van der Waals surface area contributed by atoms with Crippen molar-refractivity contribution in [3.63, 3.8) is 0 Å². The number of rotatable bonds is 6. The zero-order chi connectivity index (χ0) is 37.0. The topological polar surface area (TPSA) is 43.0 Å². The zero-order valence-electron chi connectivity index (χ0n) is 32.1. The van der Waals surface area contributed by atoms with Crippen LogP contribution in [0.1, 0.15) is 88.2 Å². The quantitative estimate of drug-likeness (QED) is 0.160. The Bertz CT molecular complexity index is 2510. The number of benzene rings is 5. The van der Waals surface area contributed by atoms with E-state index in [-0.39, 0.29) is 5.41 Å². The molecule has 4 heteroatoms. The molecule has 1 heterocycles. The van der Waals surface area contributed by atoms with Crippen LogP contribution in [0.2, 0.25) is 0 Å². The van der Waals surface area contributed by atoms with E-state index in [4.69, 9.17) is 21.5 Å². The van der Waals surface area contributed by atoms with E-state index in [0.29, 0.717) is 16.9 Å². The first kappa shape index (κ1) is 33.0. The molecule has 14 rings (SSSR count). The standard InChI is InChI=1S/C52H48N4/c1-53-47-8-4-7-41(25-47)43-22-44(24-46(23-43)52-29-35-18-36(30-52)20-37(19-35)31-52)50-55-48(54-49(56-50)42-10-9-38-5-2-3-6-40(38)21-42)39-11-13-45(14-12-39)51-26-32-15-33(27-51)17-34(16-32)28-51/h2-14,21-25,32-37H,15-20,26-31H2. The SMILES string of the molecule is [C-]#[N+]c1cccc(-c2cc(-c3nc(-c4ccc(C56CC7CC(CC(C7)C5)C6)cc4)nc(-c4ccc5ccccc5c4)n3)cc(C34CC5CC(CC(C5)C3)C4)c2)c1. The molecule has 5 aromatic carbocycles. The predicted octanol–water partition coefficient (Wildman–Crippen LogP) is 13.2. The van der Waals surface area contributed by atoms with Crippen LogP contribution in [0.25, 0.3) is 60.9 Å². The maximum Gasteiger partial charge on any atom is 0.187 e. The Hall–Kier alpha value is -5.14. The summed E-state index contributed by atoms with van der Waals surface area (Å²) in [5.74, 6) is 7.41. The Morgan fingerprint density at radius 3 is 1.54 bits per heavy atom. The molecule has 0 amide bonds. The second-order valence-corrected chi connectivity index (χ2v) is 19.3. The van der Waals surface area contributed by atoms with Crippen LogP contribution < -0.4 is 0 Å². The smallest absolute Gasteiger partial charge is 0.187 e. The summed E-state index contributed by atoms with van der Waals surface area (Å²) in [6.45, 7) is 7.77. The van der Waals surface area contributed by atoms with Crippen molar-refractivity contribution in [1.82, 2.24) is 15.0 Å². The van der Waals surface area contributed by atoms with Crippen molar-refractivity contribution >= 4 is 16.5 Å². The molecule has 8 saturated carbocycles. The van der Waals surface area contributed by atoms with Gasteiger partial charge in [-0.25, -0.2) is 19.8 Å². The highest BCUT2D eigenvalue weighted by atomic mass is 15.0. The van der Waals surface area contributed by atoms with Crippen molar-refractivity contribution in [2.24, 2.45) is 35.5 Å². The Morgan fingerprint density at radius 1 is 0.411 bits per heavy atom. The average molecular weight is 729 g/mol. The Morgan fingerprint density at radius 2 is 0.929 bits per heavy atom. The zero-order valence-corrected chi connectivity index (χ0v) is 32.1. The molecule has 0 atom stereocenters. The second-order valence-electron chi connectivity index (χ2n) is 19.3. The van der Waals surface area contributed by atoms with E-state index in [1.165, 1.54) is 98.9 Å². The molecule has 276 valence electrons. The van der Waals surface area contributed by atoms with Crippen molar-refractivity contribution in [2.45, 2.75) is 87.9 Å². The minimum absolute atomic E-state index is 0.195. The highest BCUT2D eigenvalue weighted by molar-refractivity contribution is 5.87. The van der Waals surface area contributed by atoms with E-state index in [2.05, 4.69) is 95.8 Å². The fourth-order valence-corrected chi connectivity index (χ4v) is 14.0. The minimum Gasteiger partial charge on any atom is -0.238 e. The molecular weight excluding hydrogens is 681 g/mol. The lowest BCUT2D eigenvalue weighted by molar-refractivity contribution is -0.00529. The van der Waals surface area contributed by atoms with Crippen LogP contribution in [0.15, 0.2) is 109 Å². The van der Waals surface area contributed by atoms with E-state index < -0.39 is 0 Å². The van der Waals surface area contributed by atoms with Gasteiger partial charge in [0.15, 0.2) is 23.2 Å². The molecule has 0 aliphatic heterocycles. The molecule has 8 bridgehead atoms. The summed E-state index contributed by atoms with van der Waals surface area (Å²) in [6, 6.07) is 39.8. The van der Waals surface area contributed by atoms with Crippen molar-refractivity contribution in [3.8, 4) is 45.3 Å². The number of hydrogen-bond acceptors (Lipinski definition) is 3. The maximum atomic E-state index is 7.77. The highest BCUT2D eigenvalue weighted by Gasteiger charge is 2.53. The molecule has 56 heavy (non-hydrogen) atoms. The normalized spacial score (nSPS) is 30.8. The summed E-state index contributed by atoms with van der Waals surface area (Å²) in [5, 5.41) is 2.39. The van der Waals surface area contributed by atoms with Crippen LogP contribution in [-0.4, -0.2) is 15.0 Å². The average Bonchev–Trinajstić information content (AvgIpc) is 3.22. The molecule has 4 nitrogen and oxygen atoms in total. The monoisotopic (exact) mass is 728 g/mol. The third-order valence-corrected chi connectivity index (χ3v) is 15.6. The van der Waals surface area contributed by atoms with E-state index in [0.717, 1.165) is 75.0 Å². The summed E-state index contributed by atoms with van der Waals surface area (Å²) in [5.41, 5.74) is 9.49. The van der Waals surface area contributed by atoms with Crippen LogP contribution in [-0.2, 0) is 10.8 Å². The summed E-state index contributed by atoms with van der Waals surface area (Å²) in [6.07, 6.45) is 16.5. The largest absolute Gasteiger partial charge is 0.238 e. The van der Waals surface area contributed by atoms with Gasteiger partial charge < -0.3 is 0 Å². The van der Waals surface area contributed by atoms with Crippen LogP contribution in [0.3, 0.4) is 0 Å². The summed E-state index contributed by atoms with van der Waals surface area (Å²) in [4.78, 5) is 19.8. The third-order valence-electron chi connectivity index (χ3n) is 15.6. The summed E-state index contributed by atoms with van der Waals surface area (Å²) < 4.78 is 0. The maximum absolute atomic E-state index is 7.77. The van der Waals surface area contributed by atoms with Crippen LogP contribution >= 0.6 is 0 Å². The van der Waals surface area contributed by atoms with Gasteiger partial charge in [-0.05, 0) is 181 Å². The van der Waals surface area contributed by atoms with Gasteiger partial charge in [-0.15, -0.1) is 0 Å². The molecule has 0 radical (unpaired) electrons. The van der Waals surface area contributed by atoms with E-state index in [1.54, 1.807) is 0 Å². The van der Waals surface area contributed by atoms with Crippen LogP contribution in [0.4, 0.5) is 5.69 Å². The fourth-order valence-electron chi connectivity index (χ4n) is 14.0. The molecule has 8 aliphatic rings. The van der Waals surface area contributed by atoms with Gasteiger partial charge in [-0.3, -0.25) is 0 Å². The molecule has 8 fully saturated rings. The van der Waals surface area contributed by atoms with Crippen LogP contribution in [0.5, 0.6) is 0 Å². The molecule has 0 unspecified atom stereocenters. The van der Waals surface area contributed by atoms with Gasteiger partial charge in [0, 0.05) is 16.7 Å². The lowest BCUT2D eigenvalue weighted by Crippen LogP contribution is -2.48. The number of nitrogens with zero attached hydrogens (tertiary/aromatic N) is 4. The first-order valence-corrected chi connectivity index (χ1v) is 21.4. The molecular formula is C52H48N4. The Labute approximate surface area is 330 Å². The highest BCUT2D eigenvalue weighted by Crippen LogP contribution is 2.62. The predicted molar refractivity (Wildman–Crippen MR) is 225 cm³/mol. The Kier molecular flexibility index (Phi) is 7.33. The molecule has 0 saturated heterocycles. The lowest BCUT2D eigenvalue weighted by Gasteiger charge is -2.57. The number of aromatic nitrogens is 3. The van der Waals surface area contributed by atoms with Crippen molar-refractivity contribution in [1.29, 1.82) is 0 Å². The van der Waals surface area contributed by atoms with Gasteiger partial charge in [-0.2, -0.15) is 0 Å². The molecule has 1 aromatic heterocycles. The van der Waals surface area contributed by atoms with E-state index >= 15 is 0 Å². The first-order valence-electron chi connectivity index (χ1n) is 21.4. The van der Waals surface area contributed by atoms with Gasteiger partial charge in [0.2, 0.25) is 0 Å². The van der Waals surface area contributed by atoms with Crippen molar-refractivity contribution in [2.75, 3.05) is 0 Å². The Balaban J connectivity index is 1.01. The van der Waals surface area contributed by atoms with E-state index in [1.807, 2.05) is 18.2 Å². The number of hydrogen-bond donors (Lipinski definition) is 0. The van der Waals surface area contributed by atoms with Crippen molar-refractivity contribution in [3.05, 3.63) is 132 Å². The molecule has 8 aliphatic carbocycles. The van der Waals surface area contributed by atoms with E-state index in [9.17, 15) is 0 Å². The van der Waals surface area contributed by atoms with Gasteiger partial charge in [0.1, 0.15) is 0 Å². The molecule has 0 spiro atoms. The summed E-state index contributed by atoms with van der Waals surface area (Å²) >= 11 is 0.